The summed E-state index contributed by atoms with van der Waals surface area (Å²) in [5, 5.41) is 3.32. The molecule has 0 aromatic heterocycles. The van der Waals surface area contributed by atoms with Crippen LogP contribution in [0.25, 0.3) is 0 Å². The van der Waals surface area contributed by atoms with Crippen LogP contribution in [0.5, 0.6) is 0 Å². The van der Waals surface area contributed by atoms with Crippen molar-refractivity contribution in [3.63, 3.8) is 0 Å². The van der Waals surface area contributed by atoms with Crippen molar-refractivity contribution < 1.29 is 9.53 Å². The molecule has 0 radical (unpaired) electrons. The van der Waals surface area contributed by atoms with Crippen molar-refractivity contribution in [1.82, 2.24) is 5.32 Å². The molecular formula is C15H22BrN3O2. The maximum atomic E-state index is 11.2. The highest BCUT2D eigenvalue weighted by Crippen LogP contribution is 2.28. The Labute approximate surface area is 134 Å². The van der Waals surface area contributed by atoms with E-state index in [9.17, 15) is 4.79 Å². The SMILES string of the molecule is COCCNCc1ccc(N2CCC(C(N)=O)C2)cc1Br. The van der Waals surface area contributed by atoms with Gasteiger partial charge < -0.3 is 20.7 Å². The molecule has 1 aromatic rings. The number of anilines is 1. The molecule has 1 unspecified atom stereocenters. The molecule has 1 amide bonds. The fraction of sp³-hybridized carbons (Fsp3) is 0.533. The Balaban J connectivity index is 1.94. The van der Waals surface area contributed by atoms with Gasteiger partial charge in [-0.15, -0.1) is 0 Å². The van der Waals surface area contributed by atoms with Gasteiger partial charge in [-0.1, -0.05) is 22.0 Å². The van der Waals surface area contributed by atoms with Crippen molar-refractivity contribution in [2.24, 2.45) is 11.7 Å². The Morgan fingerprint density at radius 3 is 3.00 bits per heavy atom. The van der Waals surface area contributed by atoms with Gasteiger partial charge in [0.05, 0.1) is 12.5 Å². The summed E-state index contributed by atoms with van der Waals surface area (Å²) in [5.41, 5.74) is 7.72. The van der Waals surface area contributed by atoms with Gasteiger partial charge in [0, 0.05) is 43.4 Å². The number of methoxy groups -OCH3 is 1. The molecule has 0 spiro atoms. The van der Waals surface area contributed by atoms with Gasteiger partial charge in [-0.05, 0) is 24.1 Å². The molecule has 21 heavy (non-hydrogen) atoms. The minimum atomic E-state index is -0.199. The molecule has 3 N–H and O–H groups in total. The first-order chi connectivity index (χ1) is 10.1. The first kappa shape index (κ1) is 16.3. The number of carbonyl (C=O) groups excluding carboxylic acids is 1. The third-order valence-electron chi connectivity index (χ3n) is 3.79. The molecule has 1 aliphatic rings. The molecule has 2 rings (SSSR count). The van der Waals surface area contributed by atoms with Crippen LogP contribution < -0.4 is 16.0 Å². The number of nitrogens with one attached hydrogen (secondary N) is 1. The lowest BCUT2D eigenvalue weighted by atomic mass is 10.1. The molecule has 1 aliphatic heterocycles. The van der Waals surface area contributed by atoms with E-state index in [1.165, 1.54) is 5.56 Å². The molecule has 116 valence electrons. The summed E-state index contributed by atoms with van der Waals surface area (Å²) in [7, 11) is 1.70. The number of carbonyl (C=O) groups is 1. The topological polar surface area (TPSA) is 67.6 Å². The Morgan fingerprint density at radius 2 is 2.38 bits per heavy atom. The first-order valence-electron chi connectivity index (χ1n) is 7.14. The van der Waals surface area contributed by atoms with Crippen LogP contribution in [0.1, 0.15) is 12.0 Å². The molecule has 1 heterocycles. The van der Waals surface area contributed by atoms with Crippen LogP contribution in [0.3, 0.4) is 0 Å². The van der Waals surface area contributed by atoms with E-state index in [-0.39, 0.29) is 11.8 Å². The van der Waals surface area contributed by atoms with Crippen LogP contribution in [0.2, 0.25) is 0 Å². The lowest BCUT2D eigenvalue weighted by Gasteiger charge is -2.19. The van der Waals surface area contributed by atoms with Crippen LogP contribution in [0.4, 0.5) is 5.69 Å². The van der Waals surface area contributed by atoms with E-state index in [2.05, 4.69) is 44.3 Å². The third kappa shape index (κ3) is 4.43. The van der Waals surface area contributed by atoms with E-state index in [1.807, 2.05) is 0 Å². The van der Waals surface area contributed by atoms with Gasteiger partial charge in [0.2, 0.25) is 5.91 Å². The highest BCUT2D eigenvalue weighted by atomic mass is 79.9. The number of rotatable bonds is 7. The zero-order chi connectivity index (χ0) is 15.2. The van der Waals surface area contributed by atoms with Crippen LogP contribution in [0.15, 0.2) is 22.7 Å². The number of nitrogens with two attached hydrogens (primary N) is 1. The Hall–Kier alpha value is -1.11. The maximum absolute atomic E-state index is 11.2. The molecule has 0 aliphatic carbocycles. The van der Waals surface area contributed by atoms with E-state index >= 15 is 0 Å². The summed E-state index contributed by atoms with van der Waals surface area (Å²) in [6, 6.07) is 6.31. The summed E-state index contributed by atoms with van der Waals surface area (Å²) >= 11 is 3.62. The molecule has 0 saturated carbocycles. The van der Waals surface area contributed by atoms with Crippen molar-refractivity contribution in [3.8, 4) is 0 Å². The van der Waals surface area contributed by atoms with Gasteiger partial charge in [0.15, 0.2) is 0 Å². The van der Waals surface area contributed by atoms with Crippen LogP contribution in [-0.2, 0) is 16.1 Å². The van der Waals surface area contributed by atoms with Crippen LogP contribution >= 0.6 is 15.9 Å². The quantitative estimate of drug-likeness (QED) is 0.727. The zero-order valence-electron chi connectivity index (χ0n) is 12.3. The summed E-state index contributed by atoms with van der Waals surface area (Å²) in [6.45, 7) is 3.93. The van der Waals surface area contributed by atoms with Gasteiger partial charge in [-0.2, -0.15) is 0 Å². The fourth-order valence-corrected chi connectivity index (χ4v) is 3.01. The molecule has 1 atom stereocenters. The standard InChI is InChI=1S/C15H22BrN3O2/c1-21-7-5-18-9-11-2-3-13(8-14(11)16)19-6-4-12(10-19)15(17)20/h2-3,8,12,18H,4-7,9-10H2,1H3,(H2,17,20). The second-order valence-corrected chi connectivity index (χ2v) is 6.13. The number of hydrogen-bond donors (Lipinski definition) is 2. The molecule has 0 bridgehead atoms. The normalized spacial score (nSPS) is 18.2. The zero-order valence-corrected chi connectivity index (χ0v) is 13.9. The number of nitrogens with zero attached hydrogens (tertiary/aromatic N) is 1. The number of hydrogen-bond acceptors (Lipinski definition) is 4. The minimum absolute atomic E-state index is 0.0286. The van der Waals surface area contributed by atoms with Gasteiger partial charge in [-0.3, -0.25) is 4.79 Å². The Morgan fingerprint density at radius 1 is 1.57 bits per heavy atom. The van der Waals surface area contributed by atoms with Gasteiger partial charge in [0.1, 0.15) is 0 Å². The van der Waals surface area contributed by atoms with Crippen molar-refractivity contribution in [2.75, 3.05) is 38.3 Å². The number of ether oxygens (including phenoxy) is 1. The van der Waals surface area contributed by atoms with E-state index < -0.39 is 0 Å². The predicted molar refractivity (Wildman–Crippen MR) is 87.2 cm³/mol. The average molecular weight is 356 g/mol. The molecular weight excluding hydrogens is 334 g/mol. The van der Waals surface area contributed by atoms with Gasteiger partial charge in [0.25, 0.3) is 0 Å². The monoisotopic (exact) mass is 355 g/mol. The molecule has 6 heteroatoms. The first-order valence-corrected chi connectivity index (χ1v) is 7.93. The number of halogens is 1. The largest absolute Gasteiger partial charge is 0.383 e. The van der Waals surface area contributed by atoms with E-state index in [0.717, 1.165) is 36.2 Å². The number of benzene rings is 1. The lowest BCUT2D eigenvalue weighted by molar-refractivity contribution is -0.121. The molecule has 1 fully saturated rings. The van der Waals surface area contributed by atoms with Crippen molar-refractivity contribution in [3.05, 3.63) is 28.2 Å². The lowest BCUT2D eigenvalue weighted by Crippen LogP contribution is -2.27. The van der Waals surface area contributed by atoms with Crippen LogP contribution in [-0.4, -0.2) is 39.3 Å². The average Bonchev–Trinajstić information content (AvgIpc) is 2.95. The third-order valence-corrected chi connectivity index (χ3v) is 4.53. The smallest absolute Gasteiger partial charge is 0.222 e. The summed E-state index contributed by atoms with van der Waals surface area (Å²) in [4.78, 5) is 13.4. The van der Waals surface area contributed by atoms with E-state index in [0.29, 0.717) is 13.2 Å². The molecule has 1 aromatic carbocycles. The Kier molecular flexibility index (Phi) is 6.02. The second-order valence-electron chi connectivity index (χ2n) is 5.28. The molecule has 1 saturated heterocycles. The maximum Gasteiger partial charge on any atom is 0.222 e. The molecule has 5 nitrogen and oxygen atoms in total. The summed E-state index contributed by atoms with van der Waals surface area (Å²) in [6.07, 6.45) is 0.841. The predicted octanol–water partition coefficient (Wildman–Crippen LogP) is 1.50. The van der Waals surface area contributed by atoms with Gasteiger partial charge in [-0.25, -0.2) is 0 Å². The van der Waals surface area contributed by atoms with E-state index in [1.54, 1.807) is 7.11 Å². The van der Waals surface area contributed by atoms with Crippen LogP contribution in [0, 0.1) is 5.92 Å². The highest BCUT2D eigenvalue weighted by Gasteiger charge is 2.26. The highest BCUT2D eigenvalue weighted by molar-refractivity contribution is 9.10. The van der Waals surface area contributed by atoms with Gasteiger partial charge >= 0.3 is 0 Å². The Bertz CT molecular complexity index is 496. The summed E-state index contributed by atoms with van der Waals surface area (Å²) < 4.78 is 6.08. The van der Waals surface area contributed by atoms with Crippen molar-refractivity contribution in [1.29, 1.82) is 0 Å². The van der Waals surface area contributed by atoms with E-state index in [4.69, 9.17) is 10.5 Å². The van der Waals surface area contributed by atoms with Crippen molar-refractivity contribution >= 4 is 27.5 Å². The minimum Gasteiger partial charge on any atom is -0.383 e. The number of amides is 1. The fourth-order valence-electron chi connectivity index (χ4n) is 2.50. The summed E-state index contributed by atoms with van der Waals surface area (Å²) in [5.74, 6) is -0.227. The number of primary amides is 1. The van der Waals surface area contributed by atoms with Crippen molar-refractivity contribution in [2.45, 2.75) is 13.0 Å². The second kappa shape index (κ2) is 7.77.